The predicted molar refractivity (Wildman–Crippen MR) is 54.7 cm³/mol. The van der Waals surface area contributed by atoms with Gasteiger partial charge in [-0.1, -0.05) is 0 Å². The maximum atomic E-state index is 5.79. The average Bonchev–Trinajstić information content (AvgIpc) is 2.56. The summed E-state index contributed by atoms with van der Waals surface area (Å²) in [4.78, 5) is 0. The minimum Gasteiger partial charge on any atom is -0.376 e. The van der Waals surface area contributed by atoms with E-state index in [9.17, 15) is 0 Å². The summed E-state index contributed by atoms with van der Waals surface area (Å²) in [7, 11) is 0. The Bertz CT molecular complexity index is 227. The molecule has 2 aliphatic rings. The molecular weight excluding hydrogens is 196 g/mol. The zero-order valence-corrected chi connectivity index (χ0v) is 9.86. The van der Waals surface area contributed by atoms with Crippen molar-refractivity contribution in [1.82, 2.24) is 0 Å². The molecule has 0 spiro atoms. The Kier molecular flexibility index (Phi) is 3.03. The van der Waals surface area contributed by atoms with Gasteiger partial charge in [0.05, 0.1) is 19.3 Å². The summed E-state index contributed by atoms with van der Waals surface area (Å²) >= 11 is 0. The second-order valence-corrected chi connectivity index (χ2v) is 4.89. The van der Waals surface area contributed by atoms with Gasteiger partial charge in [-0.05, 0) is 27.7 Å². The molecule has 0 aliphatic carbocycles. The molecule has 2 fully saturated rings. The van der Waals surface area contributed by atoms with Crippen molar-refractivity contribution in [3.05, 3.63) is 0 Å². The first kappa shape index (κ1) is 11.3. The van der Waals surface area contributed by atoms with Gasteiger partial charge in [0.25, 0.3) is 0 Å². The SMILES string of the molecule is CC(C)OC[C@H]1OC[C@@H]2OC(C)(C)O[C@@H]21. The smallest absolute Gasteiger partial charge is 0.164 e. The Balaban J connectivity index is 1.88. The van der Waals surface area contributed by atoms with Crippen LogP contribution in [0.3, 0.4) is 0 Å². The van der Waals surface area contributed by atoms with Crippen LogP contribution < -0.4 is 0 Å². The molecule has 3 atom stereocenters. The molecule has 0 aromatic carbocycles. The second kappa shape index (κ2) is 4.01. The summed E-state index contributed by atoms with van der Waals surface area (Å²) in [5.41, 5.74) is 0. The molecule has 88 valence electrons. The lowest BCUT2D eigenvalue weighted by Crippen LogP contribution is -2.33. The van der Waals surface area contributed by atoms with Crippen LogP contribution in [0.1, 0.15) is 27.7 Å². The molecule has 0 N–H and O–H groups in total. The van der Waals surface area contributed by atoms with Gasteiger partial charge in [-0.15, -0.1) is 0 Å². The first-order valence-electron chi connectivity index (χ1n) is 5.57. The van der Waals surface area contributed by atoms with Crippen molar-refractivity contribution in [2.24, 2.45) is 0 Å². The van der Waals surface area contributed by atoms with Crippen LogP contribution in [0.5, 0.6) is 0 Å². The van der Waals surface area contributed by atoms with Crippen LogP contribution in [-0.4, -0.2) is 43.4 Å². The van der Waals surface area contributed by atoms with Gasteiger partial charge in [0, 0.05) is 0 Å². The molecule has 15 heavy (non-hydrogen) atoms. The minimum absolute atomic E-state index is 0.0131. The third kappa shape index (κ3) is 2.50. The van der Waals surface area contributed by atoms with Crippen molar-refractivity contribution in [1.29, 1.82) is 0 Å². The molecule has 2 rings (SSSR count). The Morgan fingerprint density at radius 2 is 2.07 bits per heavy atom. The number of ether oxygens (including phenoxy) is 4. The number of hydrogen-bond acceptors (Lipinski definition) is 4. The van der Waals surface area contributed by atoms with E-state index in [2.05, 4.69) is 0 Å². The van der Waals surface area contributed by atoms with Gasteiger partial charge in [-0.3, -0.25) is 0 Å². The molecule has 4 heteroatoms. The van der Waals surface area contributed by atoms with E-state index in [1.165, 1.54) is 0 Å². The van der Waals surface area contributed by atoms with Crippen LogP contribution in [0.4, 0.5) is 0 Å². The normalized spacial score (nSPS) is 38.6. The standard InChI is InChI=1S/C11H20O4/c1-7(2)12-5-8-10-9(6-13-8)14-11(3,4)15-10/h7-10H,5-6H2,1-4H3/t8-,9+,10-/m1/s1. The number of fused-ring (bicyclic) bond motifs is 1. The highest BCUT2D eigenvalue weighted by Gasteiger charge is 2.50. The molecule has 0 unspecified atom stereocenters. The van der Waals surface area contributed by atoms with Crippen LogP contribution in [0.15, 0.2) is 0 Å². The van der Waals surface area contributed by atoms with Gasteiger partial charge < -0.3 is 18.9 Å². The largest absolute Gasteiger partial charge is 0.376 e. The van der Waals surface area contributed by atoms with Crippen molar-refractivity contribution >= 4 is 0 Å². The summed E-state index contributed by atoms with van der Waals surface area (Å²) in [5.74, 6) is -0.477. The first-order chi connectivity index (χ1) is 6.98. The van der Waals surface area contributed by atoms with E-state index < -0.39 is 5.79 Å². The van der Waals surface area contributed by atoms with Gasteiger partial charge in [-0.25, -0.2) is 0 Å². The summed E-state index contributed by atoms with van der Waals surface area (Å²) in [6, 6.07) is 0. The Labute approximate surface area is 90.8 Å². The van der Waals surface area contributed by atoms with Crippen LogP contribution >= 0.6 is 0 Å². The highest BCUT2D eigenvalue weighted by atomic mass is 16.8. The zero-order valence-electron chi connectivity index (χ0n) is 9.86. The fourth-order valence-electron chi connectivity index (χ4n) is 2.05. The van der Waals surface area contributed by atoms with Gasteiger partial charge >= 0.3 is 0 Å². The van der Waals surface area contributed by atoms with Crippen molar-refractivity contribution < 1.29 is 18.9 Å². The van der Waals surface area contributed by atoms with Crippen molar-refractivity contribution in [2.75, 3.05) is 13.2 Å². The number of rotatable bonds is 3. The van der Waals surface area contributed by atoms with Crippen LogP contribution in [-0.2, 0) is 18.9 Å². The third-order valence-electron chi connectivity index (χ3n) is 2.66. The lowest BCUT2D eigenvalue weighted by Gasteiger charge is -2.22. The van der Waals surface area contributed by atoms with E-state index in [4.69, 9.17) is 18.9 Å². The van der Waals surface area contributed by atoms with Gasteiger partial charge in [0.2, 0.25) is 0 Å². The highest BCUT2D eigenvalue weighted by Crippen LogP contribution is 2.35. The Hall–Kier alpha value is -0.160. The van der Waals surface area contributed by atoms with E-state index in [0.29, 0.717) is 13.2 Å². The van der Waals surface area contributed by atoms with Crippen molar-refractivity contribution in [2.45, 2.75) is 57.9 Å². The lowest BCUT2D eigenvalue weighted by molar-refractivity contribution is -0.180. The molecule has 2 saturated heterocycles. The summed E-state index contributed by atoms with van der Waals surface area (Å²) in [6.07, 6.45) is 0.335. The lowest BCUT2D eigenvalue weighted by atomic mass is 10.1. The average molecular weight is 216 g/mol. The maximum absolute atomic E-state index is 5.79. The molecular formula is C11H20O4. The summed E-state index contributed by atoms with van der Waals surface area (Å²) in [6.45, 7) is 9.10. The van der Waals surface area contributed by atoms with E-state index in [0.717, 1.165) is 0 Å². The molecule has 2 heterocycles. The van der Waals surface area contributed by atoms with E-state index in [-0.39, 0.29) is 24.4 Å². The van der Waals surface area contributed by atoms with Gasteiger partial charge in [0.15, 0.2) is 5.79 Å². The van der Waals surface area contributed by atoms with Crippen LogP contribution in [0.25, 0.3) is 0 Å². The predicted octanol–water partition coefficient (Wildman–Crippen LogP) is 1.33. The van der Waals surface area contributed by atoms with E-state index in [1.54, 1.807) is 0 Å². The quantitative estimate of drug-likeness (QED) is 0.713. The summed E-state index contributed by atoms with van der Waals surface area (Å²) in [5, 5.41) is 0. The molecule has 0 radical (unpaired) electrons. The third-order valence-corrected chi connectivity index (χ3v) is 2.66. The van der Waals surface area contributed by atoms with E-state index >= 15 is 0 Å². The minimum atomic E-state index is -0.477. The Morgan fingerprint density at radius 3 is 2.73 bits per heavy atom. The number of hydrogen-bond donors (Lipinski definition) is 0. The van der Waals surface area contributed by atoms with Gasteiger partial charge in [0.1, 0.15) is 18.3 Å². The maximum Gasteiger partial charge on any atom is 0.164 e. The zero-order chi connectivity index (χ0) is 11.1. The van der Waals surface area contributed by atoms with Crippen LogP contribution in [0.2, 0.25) is 0 Å². The molecule has 0 amide bonds. The Morgan fingerprint density at radius 1 is 1.33 bits per heavy atom. The molecule has 2 aliphatic heterocycles. The second-order valence-electron chi connectivity index (χ2n) is 4.89. The highest BCUT2D eigenvalue weighted by molar-refractivity contribution is 4.92. The van der Waals surface area contributed by atoms with Gasteiger partial charge in [-0.2, -0.15) is 0 Å². The topological polar surface area (TPSA) is 36.9 Å². The molecule has 0 aromatic heterocycles. The molecule has 0 saturated carbocycles. The first-order valence-corrected chi connectivity index (χ1v) is 5.57. The van der Waals surface area contributed by atoms with Crippen LogP contribution in [0, 0.1) is 0 Å². The molecule has 0 aromatic rings. The van der Waals surface area contributed by atoms with Crippen molar-refractivity contribution in [3.63, 3.8) is 0 Å². The van der Waals surface area contributed by atoms with Crippen molar-refractivity contribution in [3.8, 4) is 0 Å². The monoisotopic (exact) mass is 216 g/mol. The fraction of sp³-hybridized carbons (Fsp3) is 1.00. The van der Waals surface area contributed by atoms with E-state index in [1.807, 2.05) is 27.7 Å². The summed E-state index contributed by atoms with van der Waals surface area (Å²) < 4.78 is 22.6. The fourth-order valence-corrected chi connectivity index (χ4v) is 2.05. The molecule has 4 nitrogen and oxygen atoms in total. The molecule has 0 bridgehead atoms.